The van der Waals surface area contributed by atoms with Gasteiger partial charge in [0.1, 0.15) is 0 Å². The Morgan fingerprint density at radius 2 is 1.89 bits per heavy atom. The summed E-state index contributed by atoms with van der Waals surface area (Å²) in [6, 6.07) is 15.8. The molecule has 0 unspecified atom stereocenters. The first-order chi connectivity index (χ1) is 13.6. The van der Waals surface area contributed by atoms with Gasteiger partial charge in [-0.15, -0.1) is 0 Å². The van der Waals surface area contributed by atoms with E-state index < -0.39 is 0 Å². The van der Waals surface area contributed by atoms with Crippen LogP contribution in [0.4, 0.5) is 0 Å². The summed E-state index contributed by atoms with van der Waals surface area (Å²) in [6.07, 6.45) is 6.69. The minimum absolute atomic E-state index is 0.0544. The number of hydrogen-bond donors (Lipinski definition) is 2. The van der Waals surface area contributed by atoms with Crippen LogP contribution in [0.5, 0.6) is 0 Å². The van der Waals surface area contributed by atoms with E-state index in [4.69, 9.17) is 0 Å². The Morgan fingerprint density at radius 3 is 2.75 bits per heavy atom. The number of aromatic nitrogens is 1. The molecule has 3 aromatic rings. The highest BCUT2D eigenvalue weighted by Gasteiger charge is 2.27. The van der Waals surface area contributed by atoms with Crippen molar-refractivity contribution >= 4 is 28.8 Å². The molecule has 1 aliphatic heterocycles. The highest BCUT2D eigenvalue weighted by molar-refractivity contribution is 5.84. The Balaban J connectivity index is 1.41. The van der Waals surface area contributed by atoms with E-state index in [0.717, 1.165) is 23.1 Å². The van der Waals surface area contributed by atoms with Crippen molar-refractivity contribution in [1.82, 2.24) is 15.2 Å². The van der Waals surface area contributed by atoms with Crippen LogP contribution in [-0.4, -0.2) is 28.2 Å². The van der Waals surface area contributed by atoms with Crippen molar-refractivity contribution in [2.75, 3.05) is 6.54 Å². The van der Waals surface area contributed by atoms with E-state index >= 15 is 0 Å². The zero-order valence-electron chi connectivity index (χ0n) is 15.8. The Kier molecular flexibility index (Phi) is 4.98. The molecule has 5 heteroatoms. The normalized spacial score (nSPS) is 15.5. The number of aromatic amines is 1. The van der Waals surface area contributed by atoms with Gasteiger partial charge in [-0.2, -0.15) is 0 Å². The van der Waals surface area contributed by atoms with Crippen LogP contribution in [0.3, 0.4) is 0 Å². The standard InChI is InChI=1S/C23H23N3O2/c1-16(27)26-13-11-17-6-2-3-8-20(17)22(26)14-23(28)24-12-10-18-15-25-21-9-5-4-7-19(18)21/h2-9,11,13,15,22,25H,10,12,14H2,1H3,(H,24,28)/t22-/m0/s1. The van der Waals surface area contributed by atoms with Gasteiger partial charge in [0.05, 0.1) is 12.5 Å². The number of benzene rings is 2. The Hall–Kier alpha value is -3.34. The predicted molar refractivity (Wildman–Crippen MR) is 110 cm³/mol. The first-order valence-corrected chi connectivity index (χ1v) is 9.51. The first kappa shape index (κ1) is 18.0. The van der Waals surface area contributed by atoms with Gasteiger partial charge in [0, 0.05) is 36.8 Å². The SMILES string of the molecule is CC(=O)N1C=Cc2ccccc2[C@@H]1CC(=O)NCCc1c[nH]c2ccccc12. The molecule has 2 amide bonds. The van der Waals surface area contributed by atoms with Crippen molar-refractivity contribution in [3.8, 4) is 0 Å². The van der Waals surface area contributed by atoms with E-state index in [-0.39, 0.29) is 24.3 Å². The average Bonchev–Trinajstić information content (AvgIpc) is 3.11. The Labute approximate surface area is 164 Å². The molecule has 1 atom stereocenters. The lowest BCUT2D eigenvalue weighted by Gasteiger charge is -2.32. The molecule has 0 aliphatic carbocycles. The van der Waals surface area contributed by atoms with E-state index in [0.29, 0.717) is 6.54 Å². The van der Waals surface area contributed by atoms with Gasteiger partial charge in [0.2, 0.25) is 11.8 Å². The largest absolute Gasteiger partial charge is 0.361 e. The second-order valence-electron chi connectivity index (χ2n) is 7.05. The van der Waals surface area contributed by atoms with Crippen molar-refractivity contribution in [1.29, 1.82) is 0 Å². The monoisotopic (exact) mass is 373 g/mol. The molecule has 0 saturated carbocycles. The summed E-state index contributed by atoms with van der Waals surface area (Å²) in [5, 5.41) is 4.19. The van der Waals surface area contributed by atoms with Crippen LogP contribution in [-0.2, 0) is 16.0 Å². The Morgan fingerprint density at radius 1 is 1.11 bits per heavy atom. The molecular formula is C23H23N3O2. The van der Waals surface area contributed by atoms with Crippen LogP contribution < -0.4 is 5.32 Å². The number of carbonyl (C=O) groups is 2. The number of amides is 2. The number of carbonyl (C=O) groups excluding carboxylic acids is 2. The number of H-pyrrole nitrogens is 1. The van der Waals surface area contributed by atoms with Gasteiger partial charge in [-0.25, -0.2) is 0 Å². The summed E-state index contributed by atoms with van der Waals surface area (Å²) in [5.74, 6) is -0.122. The minimum Gasteiger partial charge on any atom is -0.361 e. The number of hydrogen-bond acceptors (Lipinski definition) is 2. The van der Waals surface area contributed by atoms with E-state index in [1.807, 2.05) is 54.7 Å². The summed E-state index contributed by atoms with van der Waals surface area (Å²) in [7, 11) is 0. The maximum atomic E-state index is 12.6. The number of rotatable bonds is 5. The third kappa shape index (κ3) is 3.56. The molecule has 1 aromatic heterocycles. The van der Waals surface area contributed by atoms with Gasteiger partial charge >= 0.3 is 0 Å². The van der Waals surface area contributed by atoms with Gasteiger partial charge in [0.15, 0.2) is 0 Å². The summed E-state index contributed by atoms with van der Waals surface area (Å²) in [4.78, 5) is 29.5. The van der Waals surface area contributed by atoms with Crippen LogP contribution in [0.2, 0.25) is 0 Å². The molecule has 0 radical (unpaired) electrons. The first-order valence-electron chi connectivity index (χ1n) is 9.51. The molecular weight excluding hydrogens is 350 g/mol. The zero-order valence-corrected chi connectivity index (χ0v) is 15.8. The van der Waals surface area contributed by atoms with Gasteiger partial charge in [-0.1, -0.05) is 42.5 Å². The Bertz CT molecular complexity index is 1050. The fourth-order valence-corrected chi connectivity index (χ4v) is 3.84. The van der Waals surface area contributed by atoms with E-state index in [9.17, 15) is 9.59 Å². The molecule has 1 aliphatic rings. The number of nitrogens with zero attached hydrogens (tertiary/aromatic N) is 1. The summed E-state index contributed by atoms with van der Waals surface area (Å²) in [5.41, 5.74) is 4.35. The summed E-state index contributed by atoms with van der Waals surface area (Å²) in [6.45, 7) is 2.09. The lowest BCUT2D eigenvalue weighted by Crippen LogP contribution is -2.35. The van der Waals surface area contributed by atoms with Gasteiger partial charge in [-0.3, -0.25) is 9.59 Å². The summed E-state index contributed by atoms with van der Waals surface area (Å²) >= 11 is 0. The summed E-state index contributed by atoms with van der Waals surface area (Å²) < 4.78 is 0. The molecule has 28 heavy (non-hydrogen) atoms. The van der Waals surface area contributed by atoms with Gasteiger partial charge in [0.25, 0.3) is 0 Å². The van der Waals surface area contributed by atoms with Crippen LogP contribution in [0.25, 0.3) is 17.0 Å². The van der Waals surface area contributed by atoms with Crippen LogP contribution >= 0.6 is 0 Å². The maximum absolute atomic E-state index is 12.6. The molecule has 2 aromatic carbocycles. The fraction of sp³-hybridized carbons (Fsp3) is 0.217. The average molecular weight is 373 g/mol. The van der Waals surface area contributed by atoms with Crippen molar-refractivity contribution in [2.45, 2.75) is 25.8 Å². The van der Waals surface area contributed by atoms with Crippen molar-refractivity contribution < 1.29 is 9.59 Å². The van der Waals surface area contributed by atoms with Gasteiger partial charge in [-0.05, 0) is 35.3 Å². The van der Waals surface area contributed by atoms with Crippen LogP contribution in [0.15, 0.2) is 60.9 Å². The number of nitrogens with one attached hydrogen (secondary N) is 2. The zero-order chi connectivity index (χ0) is 19.5. The molecule has 142 valence electrons. The molecule has 2 N–H and O–H groups in total. The smallest absolute Gasteiger partial charge is 0.223 e. The molecule has 2 heterocycles. The molecule has 0 bridgehead atoms. The lowest BCUT2D eigenvalue weighted by molar-refractivity contribution is -0.129. The van der Waals surface area contributed by atoms with Crippen LogP contribution in [0.1, 0.15) is 36.1 Å². The second-order valence-corrected chi connectivity index (χ2v) is 7.05. The third-order valence-electron chi connectivity index (χ3n) is 5.24. The molecule has 0 fully saturated rings. The molecule has 0 spiro atoms. The molecule has 0 saturated heterocycles. The second kappa shape index (κ2) is 7.72. The quantitative estimate of drug-likeness (QED) is 0.715. The van der Waals surface area contributed by atoms with Crippen LogP contribution in [0, 0.1) is 0 Å². The minimum atomic E-state index is -0.271. The predicted octanol–water partition coefficient (Wildman–Crippen LogP) is 3.79. The van der Waals surface area contributed by atoms with E-state index in [1.165, 1.54) is 17.9 Å². The van der Waals surface area contributed by atoms with E-state index in [1.54, 1.807) is 11.1 Å². The third-order valence-corrected chi connectivity index (χ3v) is 5.24. The fourth-order valence-electron chi connectivity index (χ4n) is 3.84. The number of fused-ring (bicyclic) bond motifs is 2. The van der Waals surface area contributed by atoms with Gasteiger partial charge < -0.3 is 15.2 Å². The molecule has 4 rings (SSSR count). The maximum Gasteiger partial charge on any atom is 0.223 e. The topological polar surface area (TPSA) is 65.2 Å². The van der Waals surface area contributed by atoms with Crippen molar-refractivity contribution in [2.24, 2.45) is 0 Å². The highest BCUT2D eigenvalue weighted by Crippen LogP contribution is 2.32. The lowest BCUT2D eigenvalue weighted by atomic mass is 9.93. The highest BCUT2D eigenvalue weighted by atomic mass is 16.2. The molecule has 5 nitrogen and oxygen atoms in total. The van der Waals surface area contributed by atoms with Crippen molar-refractivity contribution in [3.05, 3.63) is 77.6 Å². The number of para-hydroxylation sites is 1. The van der Waals surface area contributed by atoms with Crippen molar-refractivity contribution in [3.63, 3.8) is 0 Å². The van der Waals surface area contributed by atoms with E-state index in [2.05, 4.69) is 16.4 Å².